The van der Waals surface area contributed by atoms with Gasteiger partial charge in [0.2, 0.25) is 5.91 Å². The Kier molecular flexibility index (Phi) is 6.63. The monoisotopic (exact) mass is 431 g/mol. The van der Waals surface area contributed by atoms with Crippen LogP contribution in [0.15, 0.2) is 54.6 Å². The van der Waals surface area contributed by atoms with Crippen LogP contribution in [0.4, 0.5) is 5.69 Å². The summed E-state index contributed by atoms with van der Waals surface area (Å²) in [5.41, 5.74) is 5.00. The van der Waals surface area contributed by atoms with Crippen molar-refractivity contribution < 1.29 is 9.53 Å². The van der Waals surface area contributed by atoms with Gasteiger partial charge in [-0.1, -0.05) is 44.6 Å². The maximum atomic E-state index is 12.8. The lowest BCUT2D eigenvalue weighted by molar-refractivity contribution is -0.117. The van der Waals surface area contributed by atoms with Gasteiger partial charge < -0.3 is 15.0 Å². The fraction of sp³-hybridized carbons (Fsp3) is 0.407. The first-order chi connectivity index (χ1) is 15.4. The predicted octanol–water partition coefficient (Wildman–Crippen LogP) is 6.12. The molecule has 0 aliphatic heterocycles. The van der Waals surface area contributed by atoms with Crippen LogP contribution in [-0.4, -0.2) is 23.0 Å². The first kappa shape index (κ1) is 22.1. The number of allylic oxidation sites excluding steroid dienone is 1. The predicted molar refractivity (Wildman–Crippen MR) is 130 cm³/mol. The van der Waals surface area contributed by atoms with Crippen molar-refractivity contribution in [1.29, 1.82) is 0 Å². The summed E-state index contributed by atoms with van der Waals surface area (Å²) in [6, 6.07) is 13.8. The summed E-state index contributed by atoms with van der Waals surface area (Å²) in [5.74, 6) is 3.27. The number of aromatic nitrogens is 2. The van der Waals surface area contributed by atoms with E-state index in [2.05, 4.69) is 35.7 Å². The van der Waals surface area contributed by atoms with Gasteiger partial charge in [-0.3, -0.25) is 4.79 Å². The first-order valence-electron chi connectivity index (χ1n) is 11.5. The molecule has 1 saturated carbocycles. The van der Waals surface area contributed by atoms with Gasteiger partial charge in [-0.2, -0.15) is 0 Å². The average Bonchev–Trinajstić information content (AvgIpc) is 3.18. The zero-order valence-corrected chi connectivity index (χ0v) is 19.3. The van der Waals surface area contributed by atoms with Gasteiger partial charge in [0, 0.05) is 18.5 Å². The van der Waals surface area contributed by atoms with Crippen molar-refractivity contribution >= 4 is 22.6 Å². The quantitative estimate of drug-likeness (QED) is 0.443. The lowest BCUT2D eigenvalue weighted by atomic mass is 9.70. The molecule has 0 spiro atoms. The average molecular weight is 432 g/mol. The van der Waals surface area contributed by atoms with Crippen molar-refractivity contribution in [2.45, 2.75) is 46.0 Å². The molecule has 3 unspecified atom stereocenters. The van der Waals surface area contributed by atoms with Crippen LogP contribution in [0.2, 0.25) is 0 Å². The summed E-state index contributed by atoms with van der Waals surface area (Å²) in [5, 5.41) is 3.08. The molecule has 1 heterocycles. The number of anilines is 1. The molecule has 0 saturated heterocycles. The van der Waals surface area contributed by atoms with E-state index in [0.717, 1.165) is 40.3 Å². The number of ether oxygens (including phenoxy) is 1. The molecular weight excluding hydrogens is 398 g/mol. The van der Waals surface area contributed by atoms with Crippen LogP contribution in [0.25, 0.3) is 11.0 Å². The van der Waals surface area contributed by atoms with Gasteiger partial charge in [0.25, 0.3) is 0 Å². The lowest BCUT2D eigenvalue weighted by Crippen LogP contribution is -2.28. The van der Waals surface area contributed by atoms with E-state index in [1.807, 2.05) is 42.5 Å². The Hall–Kier alpha value is -3.08. The Morgan fingerprint density at radius 1 is 1.25 bits per heavy atom. The van der Waals surface area contributed by atoms with Gasteiger partial charge in [0.1, 0.15) is 11.6 Å². The first-order valence-corrected chi connectivity index (χ1v) is 11.5. The van der Waals surface area contributed by atoms with Crippen LogP contribution >= 0.6 is 0 Å². The van der Waals surface area contributed by atoms with Crippen molar-refractivity contribution in [2.75, 3.05) is 12.4 Å². The second-order valence-electron chi connectivity index (χ2n) is 9.15. The molecule has 1 aromatic heterocycles. The molecular formula is C27H33N3O2. The molecule has 2 N–H and O–H groups in total. The van der Waals surface area contributed by atoms with E-state index in [1.165, 1.54) is 18.4 Å². The summed E-state index contributed by atoms with van der Waals surface area (Å²) in [6.07, 6.45) is 4.63. The van der Waals surface area contributed by atoms with E-state index in [1.54, 1.807) is 7.11 Å². The number of hydrogen-bond acceptors (Lipinski definition) is 3. The SMILES string of the molecule is C=C1CC(CC)CC(C)C1CC(=O)Nc1ccc2nc(Cc3ccc(OC)cc3)[nH]c2c1. The number of H-pyrrole nitrogens is 1. The number of benzene rings is 2. The van der Waals surface area contributed by atoms with E-state index in [-0.39, 0.29) is 11.8 Å². The highest BCUT2D eigenvalue weighted by Crippen LogP contribution is 2.40. The Bertz CT molecular complexity index is 1100. The summed E-state index contributed by atoms with van der Waals surface area (Å²) in [7, 11) is 1.67. The van der Waals surface area contributed by atoms with E-state index < -0.39 is 0 Å². The topological polar surface area (TPSA) is 67.0 Å². The molecule has 1 aliphatic rings. The Morgan fingerprint density at radius 3 is 2.72 bits per heavy atom. The highest BCUT2D eigenvalue weighted by atomic mass is 16.5. The largest absolute Gasteiger partial charge is 0.497 e. The number of rotatable bonds is 7. The van der Waals surface area contributed by atoms with Gasteiger partial charge in [0.15, 0.2) is 0 Å². The highest BCUT2D eigenvalue weighted by molar-refractivity contribution is 5.93. The molecule has 168 valence electrons. The van der Waals surface area contributed by atoms with Gasteiger partial charge in [-0.25, -0.2) is 4.98 Å². The number of hydrogen-bond donors (Lipinski definition) is 2. The number of methoxy groups -OCH3 is 1. The molecule has 0 radical (unpaired) electrons. The molecule has 2 aromatic carbocycles. The summed E-state index contributed by atoms with van der Waals surface area (Å²) >= 11 is 0. The van der Waals surface area contributed by atoms with Crippen molar-refractivity contribution in [2.24, 2.45) is 17.8 Å². The molecule has 5 heteroatoms. The molecule has 32 heavy (non-hydrogen) atoms. The maximum absolute atomic E-state index is 12.8. The van der Waals surface area contributed by atoms with Gasteiger partial charge >= 0.3 is 0 Å². The van der Waals surface area contributed by atoms with Gasteiger partial charge in [0.05, 0.1) is 18.1 Å². The molecule has 3 aromatic rings. The number of carbonyl (C=O) groups excluding carboxylic acids is 1. The molecule has 1 amide bonds. The van der Waals surface area contributed by atoms with E-state index in [4.69, 9.17) is 4.74 Å². The van der Waals surface area contributed by atoms with Crippen molar-refractivity contribution in [3.8, 4) is 5.75 Å². The second kappa shape index (κ2) is 9.60. The Labute approximate surface area is 190 Å². The smallest absolute Gasteiger partial charge is 0.224 e. The van der Waals surface area contributed by atoms with Gasteiger partial charge in [-0.15, -0.1) is 0 Å². The minimum Gasteiger partial charge on any atom is -0.497 e. The lowest BCUT2D eigenvalue weighted by Gasteiger charge is -2.35. The number of carbonyl (C=O) groups is 1. The molecule has 1 fully saturated rings. The fourth-order valence-corrected chi connectivity index (χ4v) is 4.93. The number of imidazole rings is 1. The third-order valence-electron chi connectivity index (χ3n) is 6.80. The number of aromatic amines is 1. The molecule has 1 aliphatic carbocycles. The normalized spacial score (nSPS) is 21.0. The number of amides is 1. The second-order valence-corrected chi connectivity index (χ2v) is 9.15. The molecule has 4 rings (SSSR count). The zero-order chi connectivity index (χ0) is 22.7. The molecule has 5 nitrogen and oxygen atoms in total. The number of fused-ring (bicyclic) bond motifs is 1. The van der Waals surface area contributed by atoms with E-state index >= 15 is 0 Å². The number of nitrogens with zero attached hydrogens (tertiary/aromatic N) is 1. The third kappa shape index (κ3) is 5.04. The highest BCUT2D eigenvalue weighted by Gasteiger charge is 2.31. The van der Waals surface area contributed by atoms with Crippen molar-refractivity contribution in [3.63, 3.8) is 0 Å². The van der Waals surface area contributed by atoms with Crippen LogP contribution in [0.5, 0.6) is 5.75 Å². The van der Waals surface area contributed by atoms with E-state index in [9.17, 15) is 4.79 Å². The van der Waals surface area contributed by atoms with Crippen LogP contribution in [0.3, 0.4) is 0 Å². The van der Waals surface area contributed by atoms with Crippen LogP contribution in [-0.2, 0) is 11.2 Å². The minimum absolute atomic E-state index is 0.0512. The summed E-state index contributed by atoms with van der Waals surface area (Å²) < 4.78 is 5.22. The van der Waals surface area contributed by atoms with E-state index in [0.29, 0.717) is 24.7 Å². The third-order valence-corrected chi connectivity index (χ3v) is 6.80. The van der Waals surface area contributed by atoms with Gasteiger partial charge in [-0.05, 0) is 66.5 Å². The van der Waals surface area contributed by atoms with Crippen molar-refractivity contribution in [1.82, 2.24) is 9.97 Å². The van der Waals surface area contributed by atoms with Crippen LogP contribution in [0.1, 0.15) is 50.9 Å². The summed E-state index contributed by atoms with van der Waals surface area (Å²) in [6.45, 7) is 8.79. The minimum atomic E-state index is 0.0512. The maximum Gasteiger partial charge on any atom is 0.224 e. The number of nitrogens with one attached hydrogen (secondary N) is 2. The standard InChI is InChI=1S/C27H33N3O2/c1-5-19-12-17(2)23(18(3)13-19)16-27(31)28-21-8-11-24-25(15-21)30-26(29-24)14-20-6-9-22(32-4)10-7-20/h6-11,15,18-19,23H,2,5,12-14,16H2,1,3-4H3,(H,28,31)(H,29,30). The summed E-state index contributed by atoms with van der Waals surface area (Å²) in [4.78, 5) is 20.8. The Morgan fingerprint density at radius 2 is 2.03 bits per heavy atom. The molecule has 0 bridgehead atoms. The molecule has 3 atom stereocenters. The van der Waals surface area contributed by atoms with Crippen LogP contribution in [0, 0.1) is 17.8 Å². The van der Waals surface area contributed by atoms with Crippen LogP contribution < -0.4 is 10.1 Å². The zero-order valence-electron chi connectivity index (χ0n) is 19.3. The Balaban J connectivity index is 1.40. The fourth-order valence-electron chi connectivity index (χ4n) is 4.93. The van der Waals surface area contributed by atoms with Crippen molar-refractivity contribution in [3.05, 3.63) is 66.0 Å².